The number of likely N-dealkylation sites (tertiary alicyclic amines) is 1. The number of pyridine rings is 1. The van der Waals surface area contributed by atoms with Gasteiger partial charge in [-0.1, -0.05) is 38.1 Å². The standard InChI is InChI=1S/C19H24F2N2/c1-14(2)18-17-7-4-3-6-16(17)15(12-22-18)13-23-10-5-8-19(20,21)9-11-23/h3-4,6-7,12,14H,5,8-11,13H2,1-2H3. The number of fused-ring (bicyclic) bond motifs is 1. The van der Waals surface area contributed by atoms with Gasteiger partial charge < -0.3 is 0 Å². The van der Waals surface area contributed by atoms with Gasteiger partial charge in [0.15, 0.2) is 0 Å². The second-order valence-corrected chi connectivity index (χ2v) is 6.85. The average molecular weight is 318 g/mol. The van der Waals surface area contributed by atoms with Crippen LogP contribution < -0.4 is 0 Å². The lowest BCUT2D eigenvalue weighted by Crippen LogP contribution is -2.26. The van der Waals surface area contributed by atoms with Gasteiger partial charge in [0, 0.05) is 37.5 Å². The van der Waals surface area contributed by atoms with Crippen LogP contribution in [-0.4, -0.2) is 28.9 Å². The van der Waals surface area contributed by atoms with E-state index in [1.54, 1.807) is 0 Å². The molecule has 1 aliphatic rings. The molecule has 0 atom stereocenters. The first kappa shape index (κ1) is 16.3. The zero-order chi connectivity index (χ0) is 16.4. The Morgan fingerprint density at radius 2 is 1.87 bits per heavy atom. The molecular formula is C19H24F2N2. The van der Waals surface area contributed by atoms with Gasteiger partial charge in [0.2, 0.25) is 5.92 Å². The first-order valence-corrected chi connectivity index (χ1v) is 8.43. The van der Waals surface area contributed by atoms with E-state index >= 15 is 0 Å². The van der Waals surface area contributed by atoms with Crippen molar-refractivity contribution in [2.24, 2.45) is 0 Å². The summed E-state index contributed by atoms with van der Waals surface area (Å²) < 4.78 is 27.1. The van der Waals surface area contributed by atoms with Crippen LogP contribution in [-0.2, 0) is 6.54 Å². The van der Waals surface area contributed by atoms with Crippen LogP contribution in [0.15, 0.2) is 30.5 Å². The smallest absolute Gasteiger partial charge is 0.249 e. The highest BCUT2D eigenvalue weighted by atomic mass is 19.3. The molecule has 4 heteroatoms. The fraction of sp³-hybridized carbons (Fsp3) is 0.526. The van der Waals surface area contributed by atoms with Gasteiger partial charge in [-0.15, -0.1) is 0 Å². The van der Waals surface area contributed by atoms with E-state index in [0.717, 1.165) is 17.8 Å². The van der Waals surface area contributed by atoms with E-state index in [1.165, 1.54) is 10.8 Å². The molecule has 2 nitrogen and oxygen atoms in total. The molecule has 2 aromatic rings. The molecule has 1 fully saturated rings. The van der Waals surface area contributed by atoms with Crippen molar-refractivity contribution in [1.82, 2.24) is 9.88 Å². The SMILES string of the molecule is CC(C)c1ncc(CN2CCCC(F)(F)CC2)c2ccccc12. The van der Waals surface area contributed by atoms with E-state index in [9.17, 15) is 8.78 Å². The van der Waals surface area contributed by atoms with Gasteiger partial charge in [-0.2, -0.15) is 0 Å². The van der Waals surface area contributed by atoms with Crippen molar-refractivity contribution in [2.45, 2.75) is 51.5 Å². The lowest BCUT2D eigenvalue weighted by atomic mass is 9.99. The number of alkyl halides is 2. The minimum absolute atomic E-state index is 0.00872. The Hall–Kier alpha value is -1.55. The summed E-state index contributed by atoms with van der Waals surface area (Å²) in [5.74, 6) is -2.14. The third-order valence-electron chi connectivity index (χ3n) is 4.66. The Labute approximate surface area is 136 Å². The largest absolute Gasteiger partial charge is 0.299 e. The summed E-state index contributed by atoms with van der Waals surface area (Å²) in [7, 11) is 0. The Bertz CT molecular complexity index is 682. The van der Waals surface area contributed by atoms with E-state index in [4.69, 9.17) is 0 Å². The normalized spacial score (nSPS) is 19.2. The van der Waals surface area contributed by atoms with Crippen LogP contribution in [0.4, 0.5) is 8.78 Å². The lowest BCUT2D eigenvalue weighted by Gasteiger charge is -2.21. The van der Waals surface area contributed by atoms with Crippen LogP contribution in [0.2, 0.25) is 0 Å². The zero-order valence-corrected chi connectivity index (χ0v) is 13.9. The molecule has 2 heterocycles. The van der Waals surface area contributed by atoms with Crippen LogP contribution in [0, 0.1) is 0 Å². The maximum absolute atomic E-state index is 13.5. The van der Waals surface area contributed by atoms with Crippen LogP contribution in [0.5, 0.6) is 0 Å². The van der Waals surface area contributed by atoms with Crippen molar-refractivity contribution in [3.63, 3.8) is 0 Å². The van der Waals surface area contributed by atoms with E-state index in [0.29, 0.717) is 25.4 Å². The van der Waals surface area contributed by atoms with Gasteiger partial charge in [0.25, 0.3) is 0 Å². The van der Waals surface area contributed by atoms with Crippen LogP contribution in [0.3, 0.4) is 0 Å². The molecule has 1 aliphatic heterocycles. The Kier molecular flexibility index (Phi) is 4.62. The maximum Gasteiger partial charge on any atom is 0.249 e. The van der Waals surface area contributed by atoms with E-state index in [2.05, 4.69) is 35.9 Å². The van der Waals surface area contributed by atoms with Gasteiger partial charge in [-0.3, -0.25) is 9.88 Å². The van der Waals surface area contributed by atoms with Crippen molar-refractivity contribution < 1.29 is 8.78 Å². The third kappa shape index (κ3) is 3.69. The Morgan fingerprint density at radius 3 is 2.61 bits per heavy atom. The molecule has 0 unspecified atom stereocenters. The number of rotatable bonds is 3. The second-order valence-electron chi connectivity index (χ2n) is 6.85. The maximum atomic E-state index is 13.5. The number of halogens is 2. The molecule has 0 saturated carbocycles. The molecule has 0 radical (unpaired) electrons. The summed E-state index contributed by atoms with van der Waals surface area (Å²) in [4.78, 5) is 6.79. The predicted molar refractivity (Wildman–Crippen MR) is 89.9 cm³/mol. The van der Waals surface area contributed by atoms with Gasteiger partial charge >= 0.3 is 0 Å². The van der Waals surface area contributed by atoms with Gasteiger partial charge in [0.05, 0.1) is 5.69 Å². The molecule has 0 N–H and O–H groups in total. The summed E-state index contributed by atoms with van der Waals surface area (Å²) >= 11 is 0. The van der Waals surface area contributed by atoms with Crippen LogP contribution in [0.1, 0.15) is 50.3 Å². The Morgan fingerprint density at radius 1 is 1.13 bits per heavy atom. The summed E-state index contributed by atoms with van der Waals surface area (Å²) in [5, 5.41) is 2.38. The summed E-state index contributed by atoms with van der Waals surface area (Å²) in [6, 6.07) is 8.29. The molecule has 0 amide bonds. The molecule has 1 saturated heterocycles. The molecule has 0 spiro atoms. The highest BCUT2D eigenvalue weighted by molar-refractivity contribution is 5.87. The van der Waals surface area contributed by atoms with Crippen molar-refractivity contribution in [3.8, 4) is 0 Å². The van der Waals surface area contributed by atoms with E-state index in [1.807, 2.05) is 18.3 Å². The van der Waals surface area contributed by atoms with Crippen molar-refractivity contribution in [3.05, 3.63) is 41.7 Å². The minimum atomic E-state index is -2.50. The quantitative estimate of drug-likeness (QED) is 0.793. The lowest BCUT2D eigenvalue weighted by molar-refractivity contribution is -0.0132. The number of aromatic nitrogens is 1. The van der Waals surface area contributed by atoms with Crippen molar-refractivity contribution >= 4 is 10.8 Å². The zero-order valence-electron chi connectivity index (χ0n) is 13.9. The molecule has 124 valence electrons. The van der Waals surface area contributed by atoms with Gasteiger partial charge in [-0.05, 0) is 29.8 Å². The number of hydrogen-bond donors (Lipinski definition) is 0. The number of hydrogen-bond acceptors (Lipinski definition) is 2. The topological polar surface area (TPSA) is 16.1 Å². The number of nitrogens with zero attached hydrogens (tertiary/aromatic N) is 2. The molecule has 1 aromatic carbocycles. The first-order chi connectivity index (χ1) is 11.0. The summed E-state index contributed by atoms with van der Waals surface area (Å²) in [6.07, 6.45) is 2.46. The highest BCUT2D eigenvalue weighted by Crippen LogP contribution is 2.30. The van der Waals surface area contributed by atoms with Crippen molar-refractivity contribution in [1.29, 1.82) is 0 Å². The Balaban J connectivity index is 1.88. The first-order valence-electron chi connectivity index (χ1n) is 8.43. The molecule has 0 bridgehead atoms. The fourth-order valence-electron chi connectivity index (χ4n) is 3.38. The fourth-order valence-corrected chi connectivity index (χ4v) is 3.38. The van der Waals surface area contributed by atoms with Gasteiger partial charge in [-0.25, -0.2) is 8.78 Å². The number of benzene rings is 1. The van der Waals surface area contributed by atoms with Crippen LogP contribution in [0.25, 0.3) is 10.8 Å². The minimum Gasteiger partial charge on any atom is -0.299 e. The second kappa shape index (κ2) is 6.52. The van der Waals surface area contributed by atoms with Gasteiger partial charge in [0.1, 0.15) is 0 Å². The summed E-state index contributed by atoms with van der Waals surface area (Å²) in [5.41, 5.74) is 2.24. The van der Waals surface area contributed by atoms with Crippen LogP contribution >= 0.6 is 0 Å². The van der Waals surface area contributed by atoms with E-state index < -0.39 is 5.92 Å². The average Bonchev–Trinajstić information content (AvgIpc) is 2.68. The molecule has 23 heavy (non-hydrogen) atoms. The molecular weight excluding hydrogens is 294 g/mol. The third-order valence-corrected chi connectivity index (χ3v) is 4.66. The van der Waals surface area contributed by atoms with Crippen molar-refractivity contribution in [2.75, 3.05) is 13.1 Å². The summed E-state index contributed by atoms with van der Waals surface area (Å²) in [6.45, 7) is 6.17. The molecule has 1 aromatic heterocycles. The van der Waals surface area contributed by atoms with E-state index in [-0.39, 0.29) is 12.8 Å². The highest BCUT2D eigenvalue weighted by Gasteiger charge is 2.31. The predicted octanol–water partition coefficient (Wildman–Crippen LogP) is 4.98. The monoisotopic (exact) mass is 318 g/mol. The molecule has 3 rings (SSSR count). The molecule has 0 aliphatic carbocycles.